The lowest BCUT2D eigenvalue weighted by Gasteiger charge is -2.12. The van der Waals surface area contributed by atoms with E-state index in [0.29, 0.717) is 5.56 Å². The minimum Gasteiger partial charge on any atom is -0.507 e. The van der Waals surface area contributed by atoms with Gasteiger partial charge in [-0.2, -0.15) is 0 Å². The maximum absolute atomic E-state index is 11.7. The van der Waals surface area contributed by atoms with E-state index in [2.05, 4.69) is 21.2 Å². The Labute approximate surface area is 97.6 Å². The SMILES string of the molecule is CCC(C)NC(=O)c1cc(Br)ccc1O. The summed E-state index contributed by atoms with van der Waals surface area (Å²) in [7, 11) is 0. The van der Waals surface area contributed by atoms with Crippen molar-refractivity contribution >= 4 is 21.8 Å². The van der Waals surface area contributed by atoms with Crippen molar-refractivity contribution in [3.05, 3.63) is 28.2 Å². The van der Waals surface area contributed by atoms with Crippen LogP contribution in [-0.4, -0.2) is 17.1 Å². The van der Waals surface area contributed by atoms with Gasteiger partial charge in [0.1, 0.15) is 5.75 Å². The van der Waals surface area contributed by atoms with Crippen LogP contribution < -0.4 is 5.32 Å². The zero-order chi connectivity index (χ0) is 11.4. The lowest BCUT2D eigenvalue weighted by atomic mass is 10.1. The van der Waals surface area contributed by atoms with Crippen LogP contribution in [0.25, 0.3) is 0 Å². The number of nitrogens with one attached hydrogen (secondary N) is 1. The Morgan fingerprint density at radius 1 is 1.60 bits per heavy atom. The minimum atomic E-state index is -0.247. The molecule has 1 rings (SSSR count). The second-order valence-electron chi connectivity index (χ2n) is 3.44. The summed E-state index contributed by atoms with van der Waals surface area (Å²) >= 11 is 3.26. The monoisotopic (exact) mass is 271 g/mol. The number of rotatable bonds is 3. The van der Waals surface area contributed by atoms with E-state index in [-0.39, 0.29) is 17.7 Å². The standard InChI is InChI=1S/C11H14BrNO2/c1-3-7(2)13-11(15)9-6-8(12)4-5-10(9)14/h4-7,14H,3H2,1-2H3,(H,13,15). The number of carbonyl (C=O) groups is 1. The van der Waals surface area contributed by atoms with E-state index < -0.39 is 0 Å². The van der Waals surface area contributed by atoms with Gasteiger partial charge in [0.15, 0.2) is 0 Å². The molecule has 3 nitrogen and oxygen atoms in total. The summed E-state index contributed by atoms with van der Waals surface area (Å²) in [5.41, 5.74) is 0.296. The van der Waals surface area contributed by atoms with Crippen molar-refractivity contribution in [2.75, 3.05) is 0 Å². The third-order valence-corrected chi connectivity index (χ3v) is 2.69. The predicted molar refractivity (Wildman–Crippen MR) is 63.0 cm³/mol. The quantitative estimate of drug-likeness (QED) is 0.888. The van der Waals surface area contributed by atoms with Crippen LogP contribution in [0.2, 0.25) is 0 Å². The number of phenolic OH excluding ortho intramolecular Hbond substituents is 1. The first-order chi connectivity index (χ1) is 7.04. The molecule has 1 amide bonds. The second-order valence-corrected chi connectivity index (χ2v) is 4.36. The highest BCUT2D eigenvalue weighted by Gasteiger charge is 2.12. The van der Waals surface area contributed by atoms with Gasteiger partial charge in [-0.1, -0.05) is 22.9 Å². The van der Waals surface area contributed by atoms with Crippen LogP contribution in [0.4, 0.5) is 0 Å². The van der Waals surface area contributed by atoms with Crippen molar-refractivity contribution in [3.63, 3.8) is 0 Å². The van der Waals surface area contributed by atoms with Crippen molar-refractivity contribution < 1.29 is 9.90 Å². The lowest BCUT2D eigenvalue weighted by molar-refractivity contribution is 0.0936. The Bertz CT molecular complexity index is 366. The van der Waals surface area contributed by atoms with Crippen LogP contribution in [0.15, 0.2) is 22.7 Å². The number of halogens is 1. The third kappa shape index (κ3) is 3.23. The van der Waals surface area contributed by atoms with Crippen LogP contribution in [0.3, 0.4) is 0 Å². The number of benzene rings is 1. The number of carbonyl (C=O) groups excluding carboxylic acids is 1. The van der Waals surface area contributed by atoms with Gasteiger partial charge in [-0.25, -0.2) is 0 Å². The first-order valence-electron chi connectivity index (χ1n) is 4.84. The van der Waals surface area contributed by atoms with Crippen molar-refractivity contribution in [1.29, 1.82) is 0 Å². The minimum absolute atomic E-state index is 0.000923. The molecule has 0 bridgehead atoms. The summed E-state index contributed by atoms with van der Waals surface area (Å²) in [4.78, 5) is 11.7. The molecular formula is C11H14BrNO2. The molecule has 1 aromatic carbocycles. The van der Waals surface area contributed by atoms with Crippen LogP contribution in [0.1, 0.15) is 30.6 Å². The Kier molecular flexibility index (Phi) is 4.15. The zero-order valence-corrected chi connectivity index (χ0v) is 10.3. The smallest absolute Gasteiger partial charge is 0.255 e. The Balaban J connectivity index is 2.86. The third-order valence-electron chi connectivity index (χ3n) is 2.19. The molecule has 0 saturated carbocycles. The van der Waals surface area contributed by atoms with E-state index in [4.69, 9.17) is 0 Å². The van der Waals surface area contributed by atoms with Crippen LogP contribution >= 0.6 is 15.9 Å². The molecule has 82 valence electrons. The molecule has 0 heterocycles. The van der Waals surface area contributed by atoms with Crippen molar-refractivity contribution in [3.8, 4) is 5.75 Å². The largest absolute Gasteiger partial charge is 0.507 e. The highest BCUT2D eigenvalue weighted by Crippen LogP contribution is 2.21. The number of hydrogen-bond donors (Lipinski definition) is 2. The van der Waals surface area contributed by atoms with Crippen LogP contribution in [-0.2, 0) is 0 Å². The van der Waals surface area contributed by atoms with Gasteiger partial charge in [-0.15, -0.1) is 0 Å². The predicted octanol–water partition coefficient (Wildman–Crippen LogP) is 2.68. The van der Waals surface area contributed by atoms with Gasteiger partial charge in [0, 0.05) is 10.5 Å². The first-order valence-corrected chi connectivity index (χ1v) is 5.63. The van der Waals surface area contributed by atoms with Gasteiger partial charge < -0.3 is 10.4 Å². The summed E-state index contributed by atoms with van der Waals surface area (Å²) in [5, 5.41) is 12.3. The van der Waals surface area contributed by atoms with E-state index in [9.17, 15) is 9.90 Å². The van der Waals surface area contributed by atoms with Gasteiger partial charge in [0.25, 0.3) is 5.91 Å². The molecule has 2 N–H and O–H groups in total. The topological polar surface area (TPSA) is 49.3 Å². The summed E-state index contributed by atoms with van der Waals surface area (Å²) in [5.74, 6) is -0.248. The molecule has 0 saturated heterocycles. The molecule has 1 atom stereocenters. The lowest BCUT2D eigenvalue weighted by Crippen LogP contribution is -2.31. The van der Waals surface area contributed by atoms with Gasteiger partial charge >= 0.3 is 0 Å². The van der Waals surface area contributed by atoms with E-state index >= 15 is 0 Å². The van der Waals surface area contributed by atoms with E-state index in [1.54, 1.807) is 12.1 Å². The highest BCUT2D eigenvalue weighted by atomic mass is 79.9. The van der Waals surface area contributed by atoms with Crippen molar-refractivity contribution in [2.45, 2.75) is 26.3 Å². The molecule has 0 aliphatic heterocycles. The van der Waals surface area contributed by atoms with Crippen LogP contribution in [0, 0.1) is 0 Å². The fourth-order valence-corrected chi connectivity index (χ4v) is 1.45. The Morgan fingerprint density at radius 3 is 2.87 bits per heavy atom. The number of amides is 1. The van der Waals surface area contributed by atoms with E-state index in [1.165, 1.54) is 6.07 Å². The molecule has 0 aromatic heterocycles. The Morgan fingerprint density at radius 2 is 2.27 bits per heavy atom. The van der Waals surface area contributed by atoms with Gasteiger partial charge in [0.2, 0.25) is 0 Å². The Hall–Kier alpha value is -1.03. The molecule has 0 fully saturated rings. The summed E-state index contributed by atoms with van der Waals surface area (Å²) in [6.07, 6.45) is 0.862. The van der Waals surface area contributed by atoms with Gasteiger partial charge in [0.05, 0.1) is 5.56 Å². The molecule has 0 aliphatic carbocycles. The fraction of sp³-hybridized carbons (Fsp3) is 0.364. The summed E-state index contributed by atoms with van der Waals surface area (Å²) < 4.78 is 0.773. The number of phenols is 1. The van der Waals surface area contributed by atoms with Crippen molar-refractivity contribution in [1.82, 2.24) is 5.32 Å². The molecule has 1 aromatic rings. The molecule has 15 heavy (non-hydrogen) atoms. The highest BCUT2D eigenvalue weighted by molar-refractivity contribution is 9.10. The number of hydrogen-bond acceptors (Lipinski definition) is 2. The van der Waals surface area contributed by atoms with Gasteiger partial charge in [-0.05, 0) is 31.5 Å². The molecule has 0 radical (unpaired) electrons. The van der Waals surface area contributed by atoms with E-state index in [1.807, 2.05) is 13.8 Å². The van der Waals surface area contributed by atoms with Gasteiger partial charge in [-0.3, -0.25) is 4.79 Å². The normalized spacial score (nSPS) is 12.2. The first kappa shape index (κ1) is 12.0. The fourth-order valence-electron chi connectivity index (χ4n) is 1.09. The zero-order valence-electron chi connectivity index (χ0n) is 8.75. The maximum Gasteiger partial charge on any atom is 0.255 e. The average Bonchev–Trinajstić information content (AvgIpc) is 2.21. The number of aromatic hydroxyl groups is 1. The molecule has 0 aliphatic rings. The molecule has 0 spiro atoms. The van der Waals surface area contributed by atoms with Crippen LogP contribution in [0.5, 0.6) is 5.75 Å². The van der Waals surface area contributed by atoms with Crippen molar-refractivity contribution in [2.24, 2.45) is 0 Å². The molecule has 4 heteroatoms. The average molecular weight is 272 g/mol. The summed E-state index contributed by atoms with van der Waals surface area (Å²) in [6.45, 7) is 3.92. The second kappa shape index (κ2) is 5.16. The molecule has 1 unspecified atom stereocenters. The maximum atomic E-state index is 11.7. The van der Waals surface area contributed by atoms with E-state index in [0.717, 1.165) is 10.9 Å². The summed E-state index contributed by atoms with van der Waals surface area (Å²) in [6, 6.07) is 4.90. The molecular weight excluding hydrogens is 258 g/mol.